The molecule has 0 aromatic carbocycles. The van der Waals surface area contributed by atoms with E-state index in [2.05, 4.69) is 13.8 Å². The van der Waals surface area contributed by atoms with Gasteiger partial charge in [0.25, 0.3) is 0 Å². The van der Waals surface area contributed by atoms with Gasteiger partial charge in [-0.15, -0.1) is 0 Å². The van der Waals surface area contributed by atoms with Crippen LogP contribution >= 0.6 is 0 Å². The molecule has 0 spiro atoms. The van der Waals surface area contributed by atoms with Gasteiger partial charge in [0.15, 0.2) is 5.78 Å². The zero-order valence-electron chi connectivity index (χ0n) is 14.8. The van der Waals surface area contributed by atoms with E-state index in [0.29, 0.717) is 18.8 Å². The number of ether oxygens (including phenoxy) is 2. The second-order valence-corrected chi connectivity index (χ2v) is 6.43. The van der Waals surface area contributed by atoms with E-state index in [0.717, 1.165) is 12.0 Å². The van der Waals surface area contributed by atoms with Crippen molar-refractivity contribution in [2.45, 2.75) is 53.9 Å². The molecule has 130 valence electrons. The number of esters is 2. The van der Waals surface area contributed by atoms with Crippen LogP contribution in [-0.4, -0.2) is 30.9 Å². The van der Waals surface area contributed by atoms with Crippen molar-refractivity contribution < 1.29 is 23.9 Å². The average molecular weight is 324 g/mol. The highest BCUT2D eigenvalue weighted by molar-refractivity contribution is 6.12. The molecule has 0 aromatic rings. The van der Waals surface area contributed by atoms with Crippen LogP contribution in [0.3, 0.4) is 0 Å². The molecule has 23 heavy (non-hydrogen) atoms. The first-order valence-electron chi connectivity index (χ1n) is 8.37. The third-order valence-corrected chi connectivity index (χ3v) is 4.30. The van der Waals surface area contributed by atoms with E-state index < -0.39 is 23.3 Å². The first-order valence-corrected chi connectivity index (χ1v) is 8.37. The minimum Gasteiger partial charge on any atom is -0.466 e. The van der Waals surface area contributed by atoms with Crippen molar-refractivity contribution in [2.75, 3.05) is 13.2 Å². The Balaban J connectivity index is 3.17. The Hall–Kier alpha value is -1.65. The Labute approximate surface area is 138 Å². The lowest BCUT2D eigenvalue weighted by Gasteiger charge is -2.36. The van der Waals surface area contributed by atoms with Gasteiger partial charge < -0.3 is 9.47 Å². The SMILES string of the molecule is CCOC(=O)C(C)C1(C(=O)OCC)CCC(CC(C)C)=CC1=O. The van der Waals surface area contributed by atoms with Gasteiger partial charge in [0.2, 0.25) is 0 Å². The van der Waals surface area contributed by atoms with Crippen LogP contribution in [0.15, 0.2) is 11.6 Å². The van der Waals surface area contributed by atoms with Crippen LogP contribution in [0, 0.1) is 17.3 Å². The minimum atomic E-state index is -1.46. The summed E-state index contributed by atoms with van der Waals surface area (Å²) in [6.45, 7) is 9.52. The highest BCUT2D eigenvalue weighted by atomic mass is 16.5. The standard InChI is InChI=1S/C18H28O5/c1-6-22-16(20)13(5)18(17(21)23-7-2)9-8-14(10-12(3)4)11-15(18)19/h11-13H,6-10H2,1-5H3. The molecule has 2 atom stereocenters. The van der Waals surface area contributed by atoms with Crippen molar-refractivity contribution in [1.29, 1.82) is 0 Å². The van der Waals surface area contributed by atoms with E-state index in [1.807, 2.05) is 0 Å². The maximum atomic E-state index is 12.8. The largest absolute Gasteiger partial charge is 0.466 e. The average Bonchev–Trinajstić information content (AvgIpc) is 2.47. The van der Waals surface area contributed by atoms with E-state index in [-0.39, 0.29) is 19.0 Å². The Kier molecular flexibility index (Phi) is 6.98. The van der Waals surface area contributed by atoms with Crippen LogP contribution in [0.2, 0.25) is 0 Å². The van der Waals surface area contributed by atoms with Crippen LogP contribution < -0.4 is 0 Å². The molecule has 1 rings (SSSR count). The normalized spacial score (nSPS) is 22.5. The molecule has 0 aliphatic heterocycles. The highest BCUT2D eigenvalue weighted by Crippen LogP contribution is 2.42. The molecule has 0 saturated heterocycles. The van der Waals surface area contributed by atoms with Crippen molar-refractivity contribution in [3.05, 3.63) is 11.6 Å². The molecule has 0 N–H and O–H groups in total. The number of rotatable bonds is 7. The summed E-state index contributed by atoms with van der Waals surface area (Å²) in [5.74, 6) is -1.91. The van der Waals surface area contributed by atoms with Gasteiger partial charge in [-0.25, -0.2) is 0 Å². The molecule has 0 saturated carbocycles. The lowest BCUT2D eigenvalue weighted by molar-refractivity contribution is -0.172. The van der Waals surface area contributed by atoms with Crippen LogP contribution in [0.1, 0.15) is 53.9 Å². The summed E-state index contributed by atoms with van der Waals surface area (Å²) >= 11 is 0. The van der Waals surface area contributed by atoms with E-state index in [9.17, 15) is 14.4 Å². The van der Waals surface area contributed by atoms with Gasteiger partial charge >= 0.3 is 11.9 Å². The summed E-state index contributed by atoms with van der Waals surface area (Å²) in [7, 11) is 0. The predicted octanol–water partition coefficient (Wildman–Crippen LogP) is 3.07. The number of allylic oxidation sites excluding steroid dienone is 2. The van der Waals surface area contributed by atoms with E-state index >= 15 is 0 Å². The topological polar surface area (TPSA) is 69.7 Å². The van der Waals surface area contributed by atoms with Crippen molar-refractivity contribution in [3.63, 3.8) is 0 Å². The molecule has 1 aliphatic rings. The molecular weight excluding hydrogens is 296 g/mol. The van der Waals surface area contributed by atoms with Gasteiger partial charge in [-0.1, -0.05) is 26.3 Å². The van der Waals surface area contributed by atoms with Crippen molar-refractivity contribution in [3.8, 4) is 0 Å². The number of carbonyl (C=O) groups is 3. The Morgan fingerprint density at radius 2 is 1.78 bits per heavy atom. The quantitative estimate of drug-likeness (QED) is 0.532. The number of hydrogen-bond acceptors (Lipinski definition) is 5. The maximum Gasteiger partial charge on any atom is 0.320 e. The first-order chi connectivity index (χ1) is 10.8. The van der Waals surface area contributed by atoms with Gasteiger partial charge in [-0.3, -0.25) is 14.4 Å². The summed E-state index contributed by atoms with van der Waals surface area (Å²) in [6.07, 6.45) is 3.27. The molecule has 1 aliphatic carbocycles. The maximum absolute atomic E-state index is 12.8. The third-order valence-electron chi connectivity index (χ3n) is 4.30. The molecule has 2 unspecified atom stereocenters. The van der Waals surface area contributed by atoms with E-state index in [1.165, 1.54) is 6.08 Å². The second kappa shape index (κ2) is 8.27. The molecule has 0 heterocycles. The number of ketones is 1. The summed E-state index contributed by atoms with van der Waals surface area (Å²) in [5.41, 5.74) is -0.427. The lowest BCUT2D eigenvalue weighted by atomic mass is 9.65. The van der Waals surface area contributed by atoms with Gasteiger partial charge in [0, 0.05) is 0 Å². The summed E-state index contributed by atoms with van der Waals surface area (Å²) in [5, 5.41) is 0. The minimum absolute atomic E-state index is 0.173. The smallest absolute Gasteiger partial charge is 0.320 e. The van der Waals surface area contributed by atoms with E-state index in [4.69, 9.17) is 9.47 Å². The number of hydrogen-bond donors (Lipinski definition) is 0. The molecule has 0 aromatic heterocycles. The van der Waals surface area contributed by atoms with Crippen molar-refractivity contribution >= 4 is 17.7 Å². The zero-order chi connectivity index (χ0) is 17.6. The summed E-state index contributed by atoms with van der Waals surface area (Å²) in [6, 6.07) is 0. The third kappa shape index (κ3) is 4.21. The van der Waals surface area contributed by atoms with Gasteiger partial charge in [-0.2, -0.15) is 0 Å². The van der Waals surface area contributed by atoms with Crippen molar-refractivity contribution in [2.24, 2.45) is 17.3 Å². The highest BCUT2D eigenvalue weighted by Gasteiger charge is 2.54. The van der Waals surface area contributed by atoms with Crippen LogP contribution in [0.5, 0.6) is 0 Å². The van der Waals surface area contributed by atoms with Gasteiger partial charge in [0.1, 0.15) is 5.41 Å². The summed E-state index contributed by atoms with van der Waals surface area (Å²) < 4.78 is 10.2. The Bertz CT molecular complexity index is 492. The fourth-order valence-corrected chi connectivity index (χ4v) is 3.09. The fraction of sp³-hybridized carbons (Fsp3) is 0.722. The summed E-state index contributed by atoms with van der Waals surface area (Å²) in [4.78, 5) is 37.5. The zero-order valence-corrected chi connectivity index (χ0v) is 14.8. The molecule has 0 amide bonds. The molecule has 0 bridgehead atoms. The van der Waals surface area contributed by atoms with Crippen LogP contribution in [-0.2, 0) is 23.9 Å². The van der Waals surface area contributed by atoms with E-state index in [1.54, 1.807) is 20.8 Å². The number of carbonyl (C=O) groups excluding carboxylic acids is 3. The second-order valence-electron chi connectivity index (χ2n) is 6.43. The predicted molar refractivity (Wildman–Crippen MR) is 86.6 cm³/mol. The van der Waals surface area contributed by atoms with Crippen LogP contribution in [0.4, 0.5) is 0 Å². The Morgan fingerprint density at radius 1 is 1.17 bits per heavy atom. The lowest BCUT2D eigenvalue weighted by Crippen LogP contribution is -2.50. The Morgan fingerprint density at radius 3 is 2.26 bits per heavy atom. The fourth-order valence-electron chi connectivity index (χ4n) is 3.09. The molecule has 5 heteroatoms. The molecular formula is C18H28O5. The monoisotopic (exact) mass is 324 g/mol. The van der Waals surface area contributed by atoms with Crippen molar-refractivity contribution in [1.82, 2.24) is 0 Å². The van der Waals surface area contributed by atoms with Gasteiger partial charge in [0.05, 0.1) is 19.1 Å². The molecule has 0 radical (unpaired) electrons. The van der Waals surface area contributed by atoms with Crippen LogP contribution in [0.25, 0.3) is 0 Å². The molecule has 5 nitrogen and oxygen atoms in total. The molecule has 0 fully saturated rings. The van der Waals surface area contributed by atoms with Gasteiger partial charge in [-0.05, 0) is 45.1 Å². The first kappa shape index (κ1) is 19.4.